The van der Waals surface area contributed by atoms with Crippen LogP contribution in [0.5, 0.6) is 0 Å². The molecule has 0 fully saturated rings. The van der Waals surface area contributed by atoms with Crippen LogP contribution in [0.4, 0.5) is 10.1 Å². The first-order valence-corrected chi connectivity index (χ1v) is 8.88. The summed E-state index contributed by atoms with van der Waals surface area (Å²) in [5.41, 5.74) is 1.43. The van der Waals surface area contributed by atoms with Crippen molar-refractivity contribution in [1.29, 1.82) is 0 Å². The monoisotopic (exact) mass is 373 g/mol. The Bertz CT molecular complexity index is 941. The summed E-state index contributed by atoms with van der Waals surface area (Å²) in [6.07, 6.45) is 3.09. The van der Waals surface area contributed by atoms with Gasteiger partial charge in [0.15, 0.2) is 0 Å². The smallest absolute Gasteiger partial charge is 0.341 e. The van der Waals surface area contributed by atoms with Crippen LogP contribution >= 0.6 is 11.8 Å². The number of carbonyl (C=O) groups excluding carboxylic acids is 2. The van der Waals surface area contributed by atoms with Crippen LogP contribution in [0.3, 0.4) is 0 Å². The molecule has 0 spiro atoms. The molecule has 2 heterocycles. The molecule has 0 radical (unpaired) electrons. The molecular weight excluding hydrogens is 357 g/mol. The first-order chi connectivity index (χ1) is 12.6. The number of pyridine rings is 1. The topological polar surface area (TPSA) is 72.7 Å². The lowest BCUT2D eigenvalue weighted by Crippen LogP contribution is -2.14. The third-order valence-electron chi connectivity index (χ3n) is 3.48. The van der Waals surface area contributed by atoms with E-state index >= 15 is 0 Å². The number of amides is 1. The number of carbonyl (C=O) groups is 2. The van der Waals surface area contributed by atoms with Gasteiger partial charge in [-0.3, -0.25) is 4.79 Å². The van der Waals surface area contributed by atoms with E-state index < -0.39 is 5.97 Å². The lowest BCUT2D eigenvalue weighted by atomic mass is 10.2. The van der Waals surface area contributed by atoms with Crippen molar-refractivity contribution in [3.8, 4) is 0 Å². The largest absolute Gasteiger partial charge is 0.462 e. The normalized spacial score (nSPS) is 10.7. The van der Waals surface area contributed by atoms with Crippen LogP contribution in [0.25, 0.3) is 5.52 Å². The zero-order valence-electron chi connectivity index (χ0n) is 13.9. The number of anilines is 1. The van der Waals surface area contributed by atoms with Crippen LogP contribution in [0.2, 0.25) is 0 Å². The van der Waals surface area contributed by atoms with E-state index in [-0.39, 0.29) is 24.1 Å². The molecule has 0 aliphatic carbocycles. The average molecular weight is 373 g/mol. The van der Waals surface area contributed by atoms with Crippen molar-refractivity contribution >= 4 is 34.8 Å². The minimum absolute atomic E-state index is 0.181. The molecule has 0 atom stereocenters. The number of thioether (sulfide) groups is 1. The van der Waals surface area contributed by atoms with E-state index in [4.69, 9.17) is 4.74 Å². The molecule has 3 rings (SSSR count). The zero-order chi connectivity index (χ0) is 18.5. The van der Waals surface area contributed by atoms with Crippen molar-refractivity contribution in [1.82, 2.24) is 9.61 Å². The van der Waals surface area contributed by atoms with Crippen molar-refractivity contribution < 1.29 is 18.7 Å². The third-order valence-corrected chi connectivity index (χ3v) is 4.50. The van der Waals surface area contributed by atoms with E-state index in [9.17, 15) is 14.0 Å². The number of nitrogens with one attached hydrogen (secondary N) is 1. The average Bonchev–Trinajstić information content (AvgIpc) is 3.05. The molecular formula is C18H16FN3O3S. The highest BCUT2D eigenvalue weighted by Gasteiger charge is 2.14. The number of ether oxygens (including phenoxy) is 1. The van der Waals surface area contributed by atoms with Crippen molar-refractivity contribution in [2.24, 2.45) is 0 Å². The van der Waals surface area contributed by atoms with Gasteiger partial charge in [-0.05, 0) is 43.3 Å². The molecule has 0 aliphatic rings. The summed E-state index contributed by atoms with van der Waals surface area (Å²) in [6, 6.07) is 9.30. The summed E-state index contributed by atoms with van der Waals surface area (Å²) in [4.78, 5) is 24.9. The Kier molecular flexibility index (Phi) is 5.52. The van der Waals surface area contributed by atoms with E-state index in [1.165, 1.54) is 34.6 Å². The van der Waals surface area contributed by atoms with Crippen molar-refractivity contribution in [2.45, 2.75) is 11.8 Å². The minimum Gasteiger partial charge on any atom is -0.462 e. The number of hydrogen-bond donors (Lipinski definition) is 1. The molecule has 6 nitrogen and oxygen atoms in total. The van der Waals surface area contributed by atoms with Gasteiger partial charge in [0.05, 0.1) is 24.1 Å². The zero-order valence-corrected chi connectivity index (χ0v) is 14.8. The standard InChI is InChI=1S/C18H16FN3O3S/c1-2-25-18(24)15-10-20-22-8-7-13(9-16(15)22)21-17(23)11-26-14-5-3-12(19)4-6-14/h3-10H,2,11H2,1H3,(H,21,23). The van der Waals surface area contributed by atoms with Crippen molar-refractivity contribution in [3.05, 3.63) is 60.2 Å². The quantitative estimate of drug-likeness (QED) is 0.530. The molecule has 0 unspecified atom stereocenters. The van der Waals surface area contributed by atoms with Gasteiger partial charge in [-0.25, -0.2) is 13.7 Å². The number of nitrogens with zero attached hydrogens (tertiary/aromatic N) is 2. The van der Waals surface area contributed by atoms with E-state index in [0.717, 1.165) is 4.90 Å². The second-order valence-electron chi connectivity index (χ2n) is 5.31. The van der Waals surface area contributed by atoms with Crippen LogP contribution in [0, 0.1) is 5.82 Å². The molecule has 26 heavy (non-hydrogen) atoms. The maximum absolute atomic E-state index is 12.9. The van der Waals surface area contributed by atoms with Gasteiger partial charge in [0.2, 0.25) is 5.91 Å². The maximum Gasteiger partial charge on any atom is 0.341 e. The number of fused-ring (bicyclic) bond motifs is 1. The number of halogens is 1. The molecule has 3 aromatic rings. The fourth-order valence-electron chi connectivity index (χ4n) is 2.30. The van der Waals surface area contributed by atoms with Crippen LogP contribution in [0.1, 0.15) is 17.3 Å². The van der Waals surface area contributed by atoms with Crippen LogP contribution < -0.4 is 5.32 Å². The molecule has 134 valence electrons. The highest BCUT2D eigenvalue weighted by Crippen LogP contribution is 2.20. The highest BCUT2D eigenvalue weighted by atomic mass is 32.2. The van der Waals surface area contributed by atoms with E-state index in [1.54, 1.807) is 37.4 Å². The molecule has 0 saturated carbocycles. The Morgan fingerprint density at radius 3 is 2.77 bits per heavy atom. The third kappa shape index (κ3) is 4.20. The molecule has 1 aromatic carbocycles. The highest BCUT2D eigenvalue weighted by molar-refractivity contribution is 8.00. The summed E-state index contributed by atoms with van der Waals surface area (Å²) in [5, 5.41) is 6.87. The van der Waals surface area contributed by atoms with Gasteiger partial charge in [0.25, 0.3) is 0 Å². The molecule has 0 bridgehead atoms. The summed E-state index contributed by atoms with van der Waals surface area (Å²) in [5.74, 6) is -0.801. The fraction of sp³-hybridized carbons (Fsp3) is 0.167. The second kappa shape index (κ2) is 8.01. The van der Waals surface area contributed by atoms with Gasteiger partial charge in [0, 0.05) is 16.8 Å². The summed E-state index contributed by atoms with van der Waals surface area (Å²) in [6.45, 7) is 2.00. The van der Waals surface area contributed by atoms with E-state index in [0.29, 0.717) is 16.8 Å². The van der Waals surface area contributed by atoms with Crippen LogP contribution in [0.15, 0.2) is 53.7 Å². The number of aromatic nitrogens is 2. The summed E-state index contributed by atoms with van der Waals surface area (Å²) >= 11 is 1.31. The Hall–Kier alpha value is -2.87. The first-order valence-electron chi connectivity index (χ1n) is 7.89. The maximum atomic E-state index is 12.9. The van der Waals surface area contributed by atoms with Gasteiger partial charge in [-0.1, -0.05) is 0 Å². The van der Waals surface area contributed by atoms with Crippen LogP contribution in [-0.2, 0) is 9.53 Å². The summed E-state index contributed by atoms with van der Waals surface area (Å²) in [7, 11) is 0. The Balaban J connectivity index is 1.67. The molecule has 1 N–H and O–H groups in total. The minimum atomic E-state index is -0.460. The Morgan fingerprint density at radius 2 is 2.04 bits per heavy atom. The lowest BCUT2D eigenvalue weighted by molar-refractivity contribution is -0.113. The van der Waals surface area contributed by atoms with Gasteiger partial charge in [-0.15, -0.1) is 11.8 Å². The van der Waals surface area contributed by atoms with Gasteiger partial charge in [-0.2, -0.15) is 5.10 Å². The predicted octanol–water partition coefficient (Wildman–Crippen LogP) is 3.38. The number of benzene rings is 1. The molecule has 8 heteroatoms. The van der Waals surface area contributed by atoms with E-state index in [1.807, 2.05) is 0 Å². The Morgan fingerprint density at radius 1 is 1.27 bits per heavy atom. The van der Waals surface area contributed by atoms with E-state index in [2.05, 4.69) is 10.4 Å². The van der Waals surface area contributed by atoms with Crippen molar-refractivity contribution in [3.63, 3.8) is 0 Å². The SMILES string of the molecule is CCOC(=O)c1cnn2ccc(NC(=O)CSc3ccc(F)cc3)cc12. The Labute approximate surface area is 153 Å². The lowest BCUT2D eigenvalue weighted by Gasteiger charge is -2.06. The number of rotatable bonds is 6. The molecule has 0 saturated heterocycles. The van der Waals surface area contributed by atoms with Crippen LogP contribution in [-0.4, -0.2) is 33.9 Å². The first kappa shape index (κ1) is 17.9. The van der Waals surface area contributed by atoms with Gasteiger partial charge < -0.3 is 10.1 Å². The van der Waals surface area contributed by atoms with Crippen molar-refractivity contribution in [2.75, 3.05) is 17.7 Å². The number of hydrogen-bond acceptors (Lipinski definition) is 5. The second-order valence-corrected chi connectivity index (χ2v) is 6.36. The molecule has 0 aliphatic heterocycles. The predicted molar refractivity (Wildman–Crippen MR) is 96.9 cm³/mol. The molecule has 1 amide bonds. The van der Waals surface area contributed by atoms with Gasteiger partial charge >= 0.3 is 5.97 Å². The number of esters is 1. The summed E-state index contributed by atoms with van der Waals surface area (Å²) < 4.78 is 19.4. The fourth-order valence-corrected chi connectivity index (χ4v) is 3.00. The van der Waals surface area contributed by atoms with Gasteiger partial charge in [0.1, 0.15) is 11.4 Å². The molecule has 2 aromatic heterocycles.